The first-order chi connectivity index (χ1) is 14.6. The lowest BCUT2D eigenvalue weighted by molar-refractivity contribution is -0.128. The summed E-state index contributed by atoms with van der Waals surface area (Å²) < 4.78 is 25.0. The highest BCUT2D eigenvalue weighted by molar-refractivity contribution is 7.10. The van der Waals surface area contributed by atoms with Crippen molar-refractivity contribution in [2.24, 2.45) is 10.2 Å². The predicted molar refractivity (Wildman–Crippen MR) is 116 cm³/mol. The number of thiophene rings is 1. The largest absolute Gasteiger partial charge is 0.494 e. The molecule has 0 N–H and O–H groups in total. The molecule has 0 radical (unpaired) electrons. The van der Waals surface area contributed by atoms with Gasteiger partial charge in [0.1, 0.15) is 17.2 Å². The van der Waals surface area contributed by atoms with E-state index in [-0.39, 0.29) is 11.4 Å². The van der Waals surface area contributed by atoms with E-state index >= 15 is 0 Å². The Hall–Kier alpha value is -3.32. The summed E-state index contributed by atoms with van der Waals surface area (Å²) in [5.41, 5.74) is 0.624. The van der Waals surface area contributed by atoms with Crippen LogP contribution in [0.1, 0.15) is 24.6 Å². The number of esters is 1. The lowest BCUT2D eigenvalue weighted by Crippen LogP contribution is -2.03. The molecule has 0 saturated carbocycles. The van der Waals surface area contributed by atoms with E-state index < -0.39 is 11.8 Å². The Labute approximate surface area is 178 Å². The maximum absolute atomic E-state index is 14.3. The topological polar surface area (TPSA) is 60.3 Å². The van der Waals surface area contributed by atoms with E-state index in [0.29, 0.717) is 12.3 Å². The monoisotopic (exact) mass is 424 g/mol. The van der Waals surface area contributed by atoms with Crippen molar-refractivity contribution in [1.29, 1.82) is 0 Å². The number of ether oxygens (including phenoxy) is 2. The minimum Gasteiger partial charge on any atom is -0.494 e. The zero-order chi connectivity index (χ0) is 21.2. The van der Waals surface area contributed by atoms with Gasteiger partial charge in [0.15, 0.2) is 5.82 Å². The van der Waals surface area contributed by atoms with Crippen LogP contribution < -0.4 is 9.47 Å². The molecule has 0 saturated heterocycles. The van der Waals surface area contributed by atoms with Gasteiger partial charge in [-0.1, -0.05) is 19.4 Å². The van der Waals surface area contributed by atoms with Gasteiger partial charge in [-0.25, -0.2) is 9.18 Å². The molecule has 0 fully saturated rings. The number of hydrogen-bond acceptors (Lipinski definition) is 6. The summed E-state index contributed by atoms with van der Waals surface area (Å²) >= 11 is 1.50. The molecule has 30 heavy (non-hydrogen) atoms. The van der Waals surface area contributed by atoms with E-state index in [4.69, 9.17) is 9.47 Å². The van der Waals surface area contributed by atoms with E-state index in [9.17, 15) is 9.18 Å². The van der Waals surface area contributed by atoms with E-state index in [0.717, 1.165) is 29.5 Å². The van der Waals surface area contributed by atoms with Gasteiger partial charge in [0.25, 0.3) is 0 Å². The SMILES string of the molecule is CCCCOc1ccc(N=Nc2ccc(OC(=O)/C=C/c3cccs3)cc2F)cc1. The number of nitrogens with zero attached hydrogens (tertiary/aromatic N) is 2. The van der Waals surface area contributed by atoms with Crippen LogP contribution in [0.5, 0.6) is 11.5 Å². The van der Waals surface area contributed by atoms with E-state index in [1.807, 2.05) is 17.5 Å². The molecule has 0 aliphatic heterocycles. The Morgan fingerprint density at radius 1 is 1.10 bits per heavy atom. The van der Waals surface area contributed by atoms with Crippen LogP contribution in [-0.2, 0) is 4.79 Å². The first-order valence-electron chi connectivity index (χ1n) is 9.51. The number of benzene rings is 2. The summed E-state index contributed by atoms with van der Waals surface area (Å²) in [5, 5.41) is 9.87. The van der Waals surface area contributed by atoms with Crippen LogP contribution in [0.15, 0.2) is 76.3 Å². The molecule has 1 heterocycles. The van der Waals surface area contributed by atoms with E-state index in [2.05, 4.69) is 17.2 Å². The lowest BCUT2D eigenvalue weighted by atomic mass is 10.3. The molecule has 0 spiro atoms. The highest BCUT2D eigenvalue weighted by Crippen LogP contribution is 2.26. The second-order valence-electron chi connectivity index (χ2n) is 6.28. The zero-order valence-electron chi connectivity index (χ0n) is 16.5. The van der Waals surface area contributed by atoms with Gasteiger partial charge < -0.3 is 9.47 Å². The van der Waals surface area contributed by atoms with Gasteiger partial charge in [0.2, 0.25) is 0 Å². The van der Waals surface area contributed by atoms with Gasteiger partial charge in [0, 0.05) is 17.0 Å². The number of azo groups is 1. The minimum atomic E-state index is -0.634. The van der Waals surface area contributed by atoms with Crippen molar-refractivity contribution in [3.8, 4) is 11.5 Å². The fraction of sp³-hybridized carbons (Fsp3) is 0.174. The third-order valence-electron chi connectivity index (χ3n) is 3.94. The number of unbranched alkanes of at least 4 members (excludes halogenated alkanes) is 1. The molecule has 0 aliphatic carbocycles. The molecule has 0 aliphatic rings. The van der Waals surface area contributed by atoms with Crippen molar-refractivity contribution in [3.63, 3.8) is 0 Å². The van der Waals surface area contributed by atoms with E-state index in [1.165, 1.54) is 29.5 Å². The van der Waals surface area contributed by atoms with Gasteiger partial charge in [-0.3, -0.25) is 0 Å². The quantitative estimate of drug-likeness (QED) is 0.121. The van der Waals surface area contributed by atoms with Crippen molar-refractivity contribution >= 4 is 34.8 Å². The maximum Gasteiger partial charge on any atom is 0.336 e. The normalized spacial score (nSPS) is 11.3. The molecule has 2 aromatic carbocycles. The minimum absolute atomic E-state index is 0.0483. The van der Waals surface area contributed by atoms with Crippen molar-refractivity contribution in [2.45, 2.75) is 19.8 Å². The second kappa shape index (κ2) is 11.0. The standard InChI is InChI=1S/C23H21FN2O3S/c1-2-3-14-28-18-8-6-17(7-9-18)25-26-22-12-10-19(16-21(22)24)29-23(27)13-11-20-5-4-15-30-20/h4-13,15-16H,2-3,14H2,1H3/b13-11+,26-25?. The molecule has 7 heteroatoms. The van der Waals surface area contributed by atoms with Crippen LogP contribution in [0.4, 0.5) is 15.8 Å². The number of carbonyl (C=O) groups is 1. The molecule has 0 atom stereocenters. The summed E-state index contributed by atoms with van der Waals surface area (Å²) in [6, 6.07) is 14.8. The molecule has 3 rings (SSSR count). The van der Waals surface area contributed by atoms with Gasteiger partial charge in [-0.15, -0.1) is 16.5 Å². The van der Waals surface area contributed by atoms with Gasteiger partial charge >= 0.3 is 5.97 Å². The molecule has 3 aromatic rings. The smallest absolute Gasteiger partial charge is 0.336 e. The van der Waals surface area contributed by atoms with Crippen molar-refractivity contribution in [2.75, 3.05) is 6.61 Å². The fourth-order valence-electron chi connectivity index (χ4n) is 2.37. The van der Waals surface area contributed by atoms with Crippen LogP contribution in [0.2, 0.25) is 0 Å². The Morgan fingerprint density at radius 3 is 2.60 bits per heavy atom. The van der Waals surface area contributed by atoms with Crippen LogP contribution in [0, 0.1) is 5.82 Å². The van der Waals surface area contributed by atoms with Crippen LogP contribution >= 0.6 is 11.3 Å². The highest BCUT2D eigenvalue weighted by Gasteiger charge is 2.07. The summed E-state index contributed by atoms with van der Waals surface area (Å²) in [6.07, 6.45) is 5.01. The lowest BCUT2D eigenvalue weighted by Gasteiger charge is -2.04. The average molecular weight is 424 g/mol. The first-order valence-corrected chi connectivity index (χ1v) is 10.4. The van der Waals surface area contributed by atoms with Gasteiger partial charge in [0.05, 0.1) is 12.3 Å². The van der Waals surface area contributed by atoms with Crippen LogP contribution in [-0.4, -0.2) is 12.6 Å². The zero-order valence-corrected chi connectivity index (χ0v) is 17.3. The molecule has 0 unspecified atom stereocenters. The number of carbonyl (C=O) groups excluding carboxylic acids is 1. The highest BCUT2D eigenvalue weighted by atomic mass is 32.1. The van der Waals surface area contributed by atoms with Crippen molar-refractivity contribution < 1.29 is 18.7 Å². The number of hydrogen-bond donors (Lipinski definition) is 0. The second-order valence-corrected chi connectivity index (χ2v) is 7.26. The molecule has 5 nitrogen and oxygen atoms in total. The molecule has 154 valence electrons. The van der Waals surface area contributed by atoms with Crippen molar-refractivity contribution in [1.82, 2.24) is 0 Å². The van der Waals surface area contributed by atoms with Gasteiger partial charge in [-0.05, 0) is 60.3 Å². The number of rotatable bonds is 9. The fourth-order valence-corrected chi connectivity index (χ4v) is 2.99. The molecule has 1 aromatic heterocycles. The Balaban J connectivity index is 1.57. The van der Waals surface area contributed by atoms with Crippen molar-refractivity contribution in [3.05, 3.63) is 76.7 Å². The summed E-state index contributed by atoms with van der Waals surface area (Å²) in [6.45, 7) is 2.77. The Bertz CT molecular complexity index is 1020. The molecule has 0 amide bonds. The molecular formula is C23H21FN2O3S. The van der Waals surface area contributed by atoms with E-state index in [1.54, 1.807) is 30.3 Å². The maximum atomic E-state index is 14.3. The summed E-state index contributed by atoms with van der Waals surface area (Å²) in [7, 11) is 0. The molecule has 0 bridgehead atoms. The third kappa shape index (κ3) is 6.63. The van der Waals surface area contributed by atoms with Crippen LogP contribution in [0.3, 0.4) is 0 Å². The summed E-state index contributed by atoms with van der Waals surface area (Å²) in [4.78, 5) is 12.8. The Morgan fingerprint density at radius 2 is 1.90 bits per heavy atom. The predicted octanol–water partition coefficient (Wildman–Crippen LogP) is 7.10. The first kappa shape index (κ1) is 21.4. The van der Waals surface area contributed by atoms with Gasteiger partial charge in [-0.2, -0.15) is 5.11 Å². The third-order valence-corrected chi connectivity index (χ3v) is 4.78. The van der Waals surface area contributed by atoms with Crippen LogP contribution in [0.25, 0.3) is 6.08 Å². The number of halogens is 1. The Kier molecular flexibility index (Phi) is 7.86. The summed E-state index contributed by atoms with van der Waals surface area (Å²) in [5.74, 6) is -0.363. The average Bonchev–Trinajstić information content (AvgIpc) is 3.27. The molecular weight excluding hydrogens is 403 g/mol.